The number of hydrogen-bond donors (Lipinski definition) is 1. The zero-order valence-electron chi connectivity index (χ0n) is 15.1. The number of hydrogen-bond acceptors (Lipinski definition) is 4. The molecule has 1 amide bonds. The Balaban J connectivity index is 1.67. The van der Waals surface area contributed by atoms with Crippen molar-refractivity contribution in [1.29, 1.82) is 0 Å². The SMILES string of the molecule is Cc1cc2occ(CC(=O)NCC(c3ccco3)N(C)C)c2cc1C. The van der Waals surface area contributed by atoms with Gasteiger partial charge in [0.15, 0.2) is 0 Å². The number of carbonyl (C=O) groups is 1. The van der Waals surface area contributed by atoms with Gasteiger partial charge < -0.3 is 14.2 Å². The summed E-state index contributed by atoms with van der Waals surface area (Å²) in [6.45, 7) is 4.61. The Morgan fingerprint density at radius 2 is 1.96 bits per heavy atom. The highest BCUT2D eigenvalue weighted by molar-refractivity contribution is 5.88. The van der Waals surface area contributed by atoms with Crippen LogP contribution in [0.3, 0.4) is 0 Å². The molecule has 0 bridgehead atoms. The molecule has 5 nitrogen and oxygen atoms in total. The average molecular weight is 340 g/mol. The van der Waals surface area contributed by atoms with Crippen LogP contribution in [0.2, 0.25) is 0 Å². The third-order valence-corrected chi connectivity index (χ3v) is 4.61. The fourth-order valence-corrected chi connectivity index (χ4v) is 2.94. The highest BCUT2D eigenvalue weighted by Gasteiger charge is 2.18. The van der Waals surface area contributed by atoms with Gasteiger partial charge in [-0.15, -0.1) is 0 Å². The molecule has 2 aromatic heterocycles. The minimum Gasteiger partial charge on any atom is -0.468 e. The maximum Gasteiger partial charge on any atom is 0.224 e. The minimum absolute atomic E-state index is 0.00457. The Hall–Kier alpha value is -2.53. The number of benzene rings is 1. The van der Waals surface area contributed by atoms with Gasteiger partial charge in [-0.3, -0.25) is 9.69 Å². The number of likely N-dealkylation sites (N-methyl/N-ethyl adjacent to an activating group) is 1. The van der Waals surface area contributed by atoms with E-state index >= 15 is 0 Å². The molecule has 0 aliphatic carbocycles. The van der Waals surface area contributed by atoms with E-state index in [0.29, 0.717) is 13.0 Å². The van der Waals surface area contributed by atoms with Gasteiger partial charge in [-0.1, -0.05) is 0 Å². The molecule has 25 heavy (non-hydrogen) atoms. The van der Waals surface area contributed by atoms with Gasteiger partial charge >= 0.3 is 0 Å². The lowest BCUT2D eigenvalue weighted by molar-refractivity contribution is -0.120. The number of nitrogens with zero attached hydrogens (tertiary/aromatic N) is 1. The smallest absolute Gasteiger partial charge is 0.224 e. The van der Waals surface area contributed by atoms with Gasteiger partial charge in [0.1, 0.15) is 11.3 Å². The summed E-state index contributed by atoms with van der Waals surface area (Å²) in [6, 6.07) is 7.89. The van der Waals surface area contributed by atoms with Crippen molar-refractivity contribution in [3.05, 3.63) is 59.2 Å². The lowest BCUT2D eigenvalue weighted by atomic mass is 10.0. The monoisotopic (exact) mass is 340 g/mol. The van der Waals surface area contributed by atoms with Crippen molar-refractivity contribution in [2.45, 2.75) is 26.3 Å². The van der Waals surface area contributed by atoms with E-state index in [9.17, 15) is 4.79 Å². The van der Waals surface area contributed by atoms with Crippen LogP contribution in [0.5, 0.6) is 0 Å². The first kappa shape index (κ1) is 17.3. The zero-order valence-corrected chi connectivity index (χ0v) is 15.1. The number of furan rings is 2. The largest absolute Gasteiger partial charge is 0.468 e. The molecule has 5 heteroatoms. The zero-order chi connectivity index (χ0) is 18.0. The predicted molar refractivity (Wildman–Crippen MR) is 97.5 cm³/mol. The van der Waals surface area contributed by atoms with E-state index in [1.165, 1.54) is 11.1 Å². The fourth-order valence-electron chi connectivity index (χ4n) is 2.94. The van der Waals surface area contributed by atoms with Crippen molar-refractivity contribution >= 4 is 16.9 Å². The van der Waals surface area contributed by atoms with E-state index < -0.39 is 0 Å². The Morgan fingerprint density at radius 3 is 2.64 bits per heavy atom. The molecule has 0 aliphatic rings. The number of aryl methyl sites for hydroxylation is 2. The number of nitrogens with one attached hydrogen (secondary N) is 1. The maximum absolute atomic E-state index is 12.4. The first-order valence-electron chi connectivity index (χ1n) is 8.39. The molecular formula is C20H24N2O3. The first-order valence-corrected chi connectivity index (χ1v) is 8.39. The van der Waals surface area contributed by atoms with Gasteiger partial charge in [-0.2, -0.15) is 0 Å². The molecule has 1 unspecified atom stereocenters. The topological polar surface area (TPSA) is 58.6 Å². The summed E-state index contributed by atoms with van der Waals surface area (Å²) in [5, 5.41) is 4.01. The van der Waals surface area contributed by atoms with E-state index in [0.717, 1.165) is 22.3 Å². The van der Waals surface area contributed by atoms with Gasteiger partial charge in [0.2, 0.25) is 5.91 Å². The Bertz CT molecular complexity index is 863. The molecule has 0 aliphatic heterocycles. The van der Waals surface area contributed by atoms with Gasteiger partial charge in [0.25, 0.3) is 0 Å². The van der Waals surface area contributed by atoms with Gasteiger partial charge in [0, 0.05) is 17.5 Å². The van der Waals surface area contributed by atoms with Crippen LogP contribution in [0.15, 0.2) is 45.6 Å². The Morgan fingerprint density at radius 1 is 1.20 bits per heavy atom. The number of carbonyl (C=O) groups excluding carboxylic acids is 1. The average Bonchev–Trinajstić information content (AvgIpc) is 3.19. The van der Waals surface area contributed by atoms with Crippen molar-refractivity contribution in [3.63, 3.8) is 0 Å². The summed E-state index contributed by atoms with van der Waals surface area (Å²) in [7, 11) is 3.93. The van der Waals surface area contributed by atoms with Crippen LogP contribution >= 0.6 is 0 Å². The van der Waals surface area contributed by atoms with Crippen molar-refractivity contribution in [3.8, 4) is 0 Å². The summed E-state index contributed by atoms with van der Waals surface area (Å²) < 4.78 is 11.1. The van der Waals surface area contributed by atoms with Crippen molar-refractivity contribution in [2.75, 3.05) is 20.6 Å². The van der Waals surface area contributed by atoms with Gasteiger partial charge in [-0.05, 0) is 63.3 Å². The summed E-state index contributed by atoms with van der Waals surface area (Å²) in [4.78, 5) is 14.4. The van der Waals surface area contributed by atoms with E-state index in [1.807, 2.05) is 37.2 Å². The number of fused-ring (bicyclic) bond motifs is 1. The predicted octanol–water partition coefficient (Wildman–Crippen LogP) is 3.60. The maximum atomic E-state index is 12.4. The van der Waals surface area contributed by atoms with Crippen LogP contribution in [0.25, 0.3) is 11.0 Å². The molecule has 3 rings (SSSR count). The van der Waals surface area contributed by atoms with Crippen molar-refractivity contribution in [2.24, 2.45) is 0 Å². The highest BCUT2D eigenvalue weighted by Crippen LogP contribution is 2.25. The third kappa shape index (κ3) is 3.77. The summed E-state index contributed by atoms with van der Waals surface area (Å²) in [5.74, 6) is 0.810. The standard InChI is InChI=1S/C20H24N2O3/c1-13-8-16-15(12-25-19(16)9-14(13)2)10-20(23)21-11-17(22(3)4)18-6-5-7-24-18/h5-9,12,17H,10-11H2,1-4H3,(H,21,23). The van der Waals surface area contributed by atoms with Crippen LogP contribution in [0.1, 0.15) is 28.5 Å². The molecule has 0 radical (unpaired) electrons. The van der Waals surface area contributed by atoms with Crippen LogP contribution in [-0.2, 0) is 11.2 Å². The molecule has 132 valence electrons. The minimum atomic E-state index is -0.0284. The van der Waals surface area contributed by atoms with Crippen molar-refractivity contribution < 1.29 is 13.6 Å². The Labute approximate surface area is 147 Å². The highest BCUT2D eigenvalue weighted by atomic mass is 16.3. The third-order valence-electron chi connectivity index (χ3n) is 4.61. The lowest BCUT2D eigenvalue weighted by Crippen LogP contribution is -2.35. The molecule has 0 saturated carbocycles. The molecule has 1 N–H and O–H groups in total. The molecule has 3 aromatic rings. The van der Waals surface area contributed by atoms with Gasteiger partial charge in [-0.25, -0.2) is 0 Å². The summed E-state index contributed by atoms with van der Waals surface area (Å²) >= 11 is 0. The molecule has 0 saturated heterocycles. The molecule has 0 fully saturated rings. The Kier molecular flexibility index (Phi) is 4.95. The number of rotatable bonds is 6. The van der Waals surface area contributed by atoms with Crippen LogP contribution in [0.4, 0.5) is 0 Å². The first-order chi connectivity index (χ1) is 12.0. The lowest BCUT2D eigenvalue weighted by Gasteiger charge is -2.22. The van der Waals surface area contributed by atoms with E-state index in [1.54, 1.807) is 12.5 Å². The van der Waals surface area contributed by atoms with Crippen LogP contribution in [0, 0.1) is 13.8 Å². The normalized spacial score (nSPS) is 12.7. The second kappa shape index (κ2) is 7.15. The molecule has 2 heterocycles. The van der Waals surface area contributed by atoms with Crippen LogP contribution in [-0.4, -0.2) is 31.4 Å². The van der Waals surface area contributed by atoms with E-state index in [4.69, 9.17) is 8.83 Å². The molecule has 0 spiro atoms. The second-order valence-corrected chi connectivity index (χ2v) is 6.67. The van der Waals surface area contributed by atoms with Crippen molar-refractivity contribution in [1.82, 2.24) is 10.2 Å². The summed E-state index contributed by atoms with van der Waals surface area (Å²) in [6.07, 6.45) is 3.63. The number of amides is 1. The second-order valence-electron chi connectivity index (χ2n) is 6.67. The molecule has 1 atom stereocenters. The molecular weight excluding hydrogens is 316 g/mol. The van der Waals surface area contributed by atoms with Crippen LogP contribution < -0.4 is 5.32 Å². The molecule has 1 aromatic carbocycles. The quantitative estimate of drug-likeness (QED) is 0.745. The fraction of sp³-hybridized carbons (Fsp3) is 0.350. The van der Waals surface area contributed by atoms with E-state index in [-0.39, 0.29) is 11.9 Å². The summed E-state index contributed by atoms with van der Waals surface area (Å²) in [5.41, 5.74) is 4.12. The van der Waals surface area contributed by atoms with E-state index in [2.05, 4.69) is 25.2 Å². The van der Waals surface area contributed by atoms with Gasteiger partial charge in [0.05, 0.1) is 25.0 Å².